The molecule has 0 saturated carbocycles. The molecule has 0 bridgehead atoms. The third kappa shape index (κ3) is 10.2. The van der Waals surface area contributed by atoms with Crippen LogP contribution in [-0.4, -0.2) is 65.4 Å². The lowest BCUT2D eigenvalue weighted by Gasteiger charge is -2.18. The van der Waals surface area contributed by atoms with E-state index in [1.54, 1.807) is 21.3 Å². The van der Waals surface area contributed by atoms with Crippen LogP contribution in [0.4, 0.5) is 0 Å². The van der Waals surface area contributed by atoms with Crippen molar-refractivity contribution in [3.63, 3.8) is 0 Å². The Kier molecular flexibility index (Phi) is 13.7. The lowest BCUT2D eigenvalue weighted by molar-refractivity contribution is 0.180. The molecule has 0 saturated heterocycles. The summed E-state index contributed by atoms with van der Waals surface area (Å²) in [5.74, 6) is 2.96. The first-order valence-corrected chi connectivity index (χ1v) is 10.2. The molecule has 0 fully saturated rings. The molecular formula is C23H35IN4O3. The summed E-state index contributed by atoms with van der Waals surface area (Å²) in [6.45, 7) is 4.26. The highest BCUT2D eigenvalue weighted by Gasteiger charge is 2.05. The molecule has 0 aromatic heterocycles. The minimum Gasteiger partial charge on any atom is -0.493 e. The van der Waals surface area contributed by atoms with Crippen LogP contribution in [-0.2, 0) is 11.3 Å². The van der Waals surface area contributed by atoms with Crippen LogP contribution in [0.1, 0.15) is 12.0 Å². The second-order valence-electron chi connectivity index (χ2n) is 6.90. The lowest BCUT2D eigenvalue weighted by atomic mass is 10.2. The quantitative estimate of drug-likeness (QED) is 0.185. The van der Waals surface area contributed by atoms with Gasteiger partial charge in [0.25, 0.3) is 0 Å². The Hall–Kier alpha value is -2.04. The van der Waals surface area contributed by atoms with Gasteiger partial charge in [0.1, 0.15) is 5.75 Å². The standard InChI is InChI=1S/C23H34N4O3.HI/c1-24-23(25-14-16-27(2)15-7-17-28-3)26-18-19-10-12-20(13-11-19)30-22-9-6-5-8-21(22)29-4;/h5-6,8-13H,7,14-18H2,1-4H3,(H2,24,25,26);1H. The Morgan fingerprint density at radius 3 is 2.32 bits per heavy atom. The normalized spacial score (nSPS) is 11.1. The predicted octanol–water partition coefficient (Wildman–Crippen LogP) is 3.74. The maximum atomic E-state index is 5.92. The van der Waals surface area contributed by atoms with E-state index in [-0.39, 0.29) is 24.0 Å². The van der Waals surface area contributed by atoms with Gasteiger partial charge in [0.2, 0.25) is 0 Å². The zero-order valence-corrected chi connectivity index (χ0v) is 21.2. The largest absolute Gasteiger partial charge is 0.493 e. The molecule has 0 aliphatic heterocycles. The SMILES string of the molecule is CN=C(NCCN(C)CCCOC)NCc1ccc(Oc2ccccc2OC)cc1.I. The highest BCUT2D eigenvalue weighted by Crippen LogP contribution is 2.30. The van der Waals surface area contributed by atoms with Crippen molar-refractivity contribution in [2.75, 3.05) is 54.6 Å². The van der Waals surface area contributed by atoms with E-state index in [9.17, 15) is 0 Å². The van der Waals surface area contributed by atoms with Gasteiger partial charge in [0, 0.05) is 46.9 Å². The number of halogens is 1. The molecule has 2 aromatic rings. The third-order valence-corrected chi connectivity index (χ3v) is 4.58. The highest BCUT2D eigenvalue weighted by atomic mass is 127. The van der Waals surface area contributed by atoms with Crippen LogP contribution in [0.2, 0.25) is 0 Å². The van der Waals surface area contributed by atoms with Crippen molar-refractivity contribution >= 4 is 29.9 Å². The molecule has 172 valence electrons. The van der Waals surface area contributed by atoms with E-state index in [4.69, 9.17) is 14.2 Å². The van der Waals surface area contributed by atoms with E-state index < -0.39 is 0 Å². The number of para-hydroxylation sites is 2. The summed E-state index contributed by atoms with van der Waals surface area (Å²) >= 11 is 0. The van der Waals surface area contributed by atoms with Crippen molar-refractivity contribution in [1.29, 1.82) is 0 Å². The molecule has 2 aromatic carbocycles. The van der Waals surface area contributed by atoms with Gasteiger partial charge in [-0.2, -0.15) is 0 Å². The number of rotatable bonds is 12. The topological polar surface area (TPSA) is 67.4 Å². The Morgan fingerprint density at radius 2 is 1.68 bits per heavy atom. The van der Waals surface area contributed by atoms with Gasteiger partial charge < -0.3 is 29.7 Å². The summed E-state index contributed by atoms with van der Waals surface area (Å²) in [4.78, 5) is 6.56. The average molecular weight is 542 g/mol. The van der Waals surface area contributed by atoms with Gasteiger partial charge in [0.15, 0.2) is 17.5 Å². The number of aliphatic imine (C=N–C) groups is 1. The third-order valence-electron chi connectivity index (χ3n) is 4.58. The minimum absolute atomic E-state index is 0. The summed E-state index contributed by atoms with van der Waals surface area (Å²) in [6.07, 6.45) is 1.04. The van der Waals surface area contributed by atoms with E-state index in [1.807, 2.05) is 48.5 Å². The minimum atomic E-state index is 0. The number of guanidine groups is 1. The molecule has 8 heteroatoms. The lowest BCUT2D eigenvalue weighted by Crippen LogP contribution is -2.40. The van der Waals surface area contributed by atoms with Gasteiger partial charge in [-0.05, 0) is 43.3 Å². The number of likely N-dealkylation sites (N-methyl/N-ethyl adjacent to an activating group) is 1. The Labute approximate surface area is 203 Å². The smallest absolute Gasteiger partial charge is 0.191 e. The molecule has 2 rings (SSSR count). The molecule has 7 nitrogen and oxygen atoms in total. The van der Waals surface area contributed by atoms with Gasteiger partial charge in [0.05, 0.1) is 7.11 Å². The van der Waals surface area contributed by atoms with Crippen LogP contribution in [0.25, 0.3) is 0 Å². The summed E-state index contributed by atoms with van der Waals surface area (Å²) < 4.78 is 16.3. The van der Waals surface area contributed by atoms with Crippen LogP contribution in [0.15, 0.2) is 53.5 Å². The van der Waals surface area contributed by atoms with Crippen molar-refractivity contribution < 1.29 is 14.2 Å². The van der Waals surface area contributed by atoms with Crippen LogP contribution in [0.5, 0.6) is 17.2 Å². The monoisotopic (exact) mass is 542 g/mol. The van der Waals surface area contributed by atoms with Gasteiger partial charge in [-0.15, -0.1) is 24.0 Å². The summed E-state index contributed by atoms with van der Waals surface area (Å²) in [5.41, 5.74) is 1.14. The van der Waals surface area contributed by atoms with Crippen LogP contribution < -0.4 is 20.1 Å². The fraction of sp³-hybridized carbons (Fsp3) is 0.435. The number of nitrogens with zero attached hydrogens (tertiary/aromatic N) is 2. The molecule has 0 radical (unpaired) electrons. The van der Waals surface area contributed by atoms with Gasteiger partial charge in [-0.25, -0.2) is 0 Å². The molecule has 0 amide bonds. The van der Waals surface area contributed by atoms with Crippen LogP contribution in [0, 0.1) is 0 Å². The first-order valence-electron chi connectivity index (χ1n) is 10.2. The predicted molar refractivity (Wildman–Crippen MR) is 137 cm³/mol. The number of methoxy groups -OCH3 is 2. The second-order valence-corrected chi connectivity index (χ2v) is 6.90. The molecule has 0 heterocycles. The zero-order valence-electron chi connectivity index (χ0n) is 18.9. The fourth-order valence-electron chi connectivity index (χ4n) is 2.87. The summed E-state index contributed by atoms with van der Waals surface area (Å²) in [6, 6.07) is 15.6. The molecule has 2 N–H and O–H groups in total. The van der Waals surface area contributed by atoms with Crippen molar-refractivity contribution in [3.8, 4) is 17.2 Å². The average Bonchev–Trinajstić information content (AvgIpc) is 2.77. The van der Waals surface area contributed by atoms with E-state index >= 15 is 0 Å². The summed E-state index contributed by atoms with van der Waals surface area (Å²) in [7, 11) is 7.26. The molecule has 0 spiro atoms. The maximum Gasteiger partial charge on any atom is 0.191 e. The van der Waals surface area contributed by atoms with Crippen LogP contribution in [0.3, 0.4) is 0 Å². The first kappa shape index (κ1) is 27.0. The highest BCUT2D eigenvalue weighted by molar-refractivity contribution is 14.0. The van der Waals surface area contributed by atoms with Crippen molar-refractivity contribution in [2.45, 2.75) is 13.0 Å². The number of hydrogen-bond donors (Lipinski definition) is 2. The van der Waals surface area contributed by atoms with E-state index in [1.165, 1.54) is 0 Å². The zero-order chi connectivity index (χ0) is 21.6. The van der Waals surface area contributed by atoms with E-state index in [2.05, 4.69) is 27.6 Å². The molecule has 0 aliphatic rings. The first-order chi connectivity index (χ1) is 14.7. The number of ether oxygens (including phenoxy) is 3. The molecule has 31 heavy (non-hydrogen) atoms. The summed E-state index contributed by atoms with van der Waals surface area (Å²) in [5, 5.41) is 6.68. The van der Waals surface area contributed by atoms with Crippen molar-refractivity contribution in [1.82, 2.24) is 15.5 Å². The fourth-order valence-corrected chi connectivity index (χ4v) is 2.87. The van der Waals surface area contributed by atoms with Crippen molar-refractivity contribution in [3.05, 3.63) is 54.1 Å². The Morgan fingerprint density at radius 1 is 0.968 bits per heavy atom. The van der Waals surface area contributed by atoms with Gasteiger partial charge in [-0.3, -0.25) is 4.99 Å². The second kappa shape index (κ2) is 15.7. The number of nitrogens with one attached hydrogen (secondary N) is 2. The molecule has 0 aliphatic carbocycles. The van der Waals surface area contributed by atoms with Gasteiger partial charge in [-0.1, -0.05) is 24.3 Å². The number of benzene rings is 2. The maximum absolute atomic E-state index is 5.92. The molecule has 0 unspecified atom stereocenters. The van der Waals surface area contributed by atoms with E-state index in [0.29, 0.717) is 18.0 Å². The number of hydrogen-bond acceptors (Lipinski definition) is 5. The van der Waals surface area contributed by atoms with E-state index in [0.717, 1.165) is 49.9 Å². The molecule has 0 atom stereocenters. The Balaban J connectivity index is 0.00000480. The van der Waals surface area contributed by atoms with Crippen LogP contribution >= 0.6 is 24.0 Å². The van der Waals surface area contributed by atoms with Crippen molar-refractivity contribution in [2.24, 2.45) is 4.99 Å². The van der Waals surface area contributed by atoms with Gasteiger partial charge >= 0.3 is 0 Å². The Bertz CT molecular complexity index is 772. The molecular weight excluding hydrogens is 507 g/mol.